The van der Waals surface area contributed by atoms with Gasteiger partial charge in [-0.25, -0.2) is 13.2 Å². The van der Waals surface area contributed by atoms with Crippen LogP contribution in [-0.4, -0.2) is 34.7 Å². The molecule has 6 nitrogen and oxygen atoms in total. The molecular formula is C17H16F3N3O3S. The number of amides is 1. The third kappa shape index (κ3) is 3.27. The van der Waals surface area contributed by atoms with Crippen molar-refractivity contribution in [1.29, 1.82) is 0 Å². The van der Waals surface area contributed by atoms with E-state index in [0.29, 0.717) is 26.1 Å². The topological polar surface area (TPSA) is 76.1 Å². The first-order valence-corrected chi connectivity index (χ1v) is 9.48. The minimum Gasteiger partial charge on any atom is -0.381 e. The van der Waals surface area contributed by atoms with Crippen LogP contribution in [0.3, 0.4) is 0 Å². The second-order valence-corrected chi connectivity index (χ2v) is 7.55. The van der Waals surface area contributed by atoms with E-state index in [2.05, 4.69) is 10.4 Å². The second kappa shape index (κ2) is 7.08. The first-order chi connectivity index (χ1) is 13.0. The molecule has 27 heavy (non-hydrogen) atoms. The molecule has 0 aliphatic carbocycles. The number of fused-ring (bicyclic) bond motifs is 1. The molecule has 0 saturated carbocycles. The Hall–Kier alpha value is -2.20. The van der Waals surface area contributed by atoms with E-state index < -0.39 is 28.3 Å². The molecule has 144 valence electrons. The number of aromatic nitrogens is 2. The molecule has 1 amide bonds. The molecule has 0 bridgehead atoms. The molecule has 2 aliphatic heterocycles. The monoisotopic (exact) mass is 399 g/mol. The van der Waals surface area contributed by atoms with Gasteiger partial charge in [0.15, 0.2) is 17.5 Å². The second-order valence-electron chi connectivity index (χ2n) is 6.45. The molecule has 0 spiro atoms. The molecule has 1 atom stereocenters. The summed E-state index contributed by atoms with van der Waals surface area (Å²) in [6.07, 6.45) is 1.31. The zero-order valence-electron chi connectivity index (χ0n) is 14.1. The number of nitrogens with zero attached hydrogens (tertiary/aromatic N) is 1. The van der Waals surface area contributed by atoms with Gasteiger partial charge in [0.1, 0.15) is 5.82 Å². The van der Waals surface area contributed by atoms with Gasteiger partial charge in [0.2, 0.25) is 5.91 Å². The predicted octanol–water partition coefficient (Wildman–Crippen LogP) is 2.72. The van der Waals surface area contributed by atoms with Crippen molar-refractivity contribution in [3.05, 3.63) is 51.1 Å². The van der Waals surface area contributed by atoms with Gasteiger partial charge in [-0.3, -0.25) is 19.4 Å². The molecule has 1 fully saturated rings. The summed E-state index contributed by atoms with van der Waals surface area (Å²) in [5, 5.41) is 4.64. The molecule has 2 aromatic rings. The Morgan fingerprint density at radius 2 is 1.78 bits per heavy atom. The van der Waals surface area contributed by atoms with Gasteiger partial charge in [-0.1, -0.05) is 0 Å². The van der Waals surface area contributed by atoms with Crippen molar-refractivity contribution in [2.75, 3.05) is 24.3 Å². The number of carbonyl (C=O) groups excluding carboxylic acids is 1. The normalized spacial score (nSPS) is 20.9. The van der Waals surface area contributed by atoms with Crippen molar-refractivity contribution >= 4 is 23.5 Å². The van der Waals surface area contributed by atoms with E-state index in [9.17, 15) is 22.8 Å². The van der Waals surface area contributed by atoms with Crippen molar-refractivity contribution in [1.82, 2.24) is 9.78 Å². The zero-order chi connectivity index (χ0) is 19.1. The predicted molar refractivity (Wildman–Crippen MR) is 93.4 cm³/mol. The van der Waals surface area contributed by atoms with Crippen molar-refractivity contribution in [3.63, 3.8) is 0 Å². The average molecular weight is 399 g/mol. The van der Waals surface area contributed by atoms with Crippen LogP contribution in [0.5, 0.6) is 0 Å². The summed E-state index contributed by atoms with van der Waals surface area (Å²) < 4.78 is 47.7. The maximum absolute atomic E-state index is 13.7. The van der Waals surface area contributed by atoms with Gasteiger partial charge in [0.25, 0.3) is 5.56 Å². The van der Waals surface area contributed by atoms with E-state index in [1.165, 1.54) is 0 Å². The minimum atomic E-state index is -1.57. The highest BCUT2D eigenvalue weighted by atomic mass is 32.2. The van der Waals surface area contributed by atoms with Crippen molar-refractivity contribution in [2.24, 2.45) is 0 Å². The summed E-state index contributed by atoms with van der Waals surface area (Å²) in [6.45, 7) is 1.06. The molecule has 4 rings (SSSR count). The van der Waals surface area contributed by atoms with Gasteiger partial charge >= 0.3 is 0 Å². The Balaban J connectivity index is 1.84. The van der Waals surface area contributed by atoms with Crippen molar-refractivity contribution < 1.29 is 22.7 Å². The molecule has 0 radical (unpaired) electrons. The first kappa shape index (κ1) is 18.2. The SMILES string of the molecule is O=C1CSC(c2cc(F)c(F)c(F)c2)c2c(n(C3CCOCC3)[nH]c2=O)N1. The Kier molecular flexibility index (Phi) is 4.77. The largest absolute Gasteiger partial charge is 0.381 e. The number of anilines is 1. The van der Waals surface area contributed by atoms with Crippen LogP contribution in [0.2, 0.25) is 0 Å². The number of thioether (sulfide) groups is 1. The Morgan fingerprint density at radius 3 is 2.44 bits per heavy atom. The Labute approximate surface area is 156 Å². The summed E-state index contributed by atoms with van der Waals surface area (Å²) in [7, 11) is 0. The number of nitrogens with one attached hydrogen (secondary N) is 2. The number of rotatable bonds is 2. The number of aromatic amines is 1. The first-order valence-electron chi connectivity index (χ1n) is 8.43. The van der Waals surface area contributed by atoms with Crippen molar-refractivity contribution in [2.45, 2.75) is 24.1 Å². The summed E-state index contributed by atoms with van der Waals surface area (Å²) in [4.78, 5) is 24.8. The number of H-pyrrole nitrogens is 1. The van der Waals surface area contributed by atoms with Gasteiger partial charge in [0.05, 0.1) is 22.6 Å². The van der Waals surface area contributed by atoms with E-state index in [1.807, 2.05) is 0 Å². The van der Waals surface area contributed by atoms with Crippen LogP contribution >= 0.6 is 11.8 Å². The lowest BCUT2D eigenvalue weighted by atomic mass is 10.0. The molecule has 2 aliphatic rings. The molecule has 1 saturated heterocycles. The summed E-state index contributed by atoms with van der Waals surface area (Å²) in [6, 6.07) is 1.66. The maximum Gasteiger partial charge on any atom is 0.270 e. The standard InChI is InChI=1S/C17H16F3N3O3S/c18-10-5-8(6-11(19)14(10)20)15-13-16(21-12(24)7-27-15)23(22-17(13)25)9-1-3-26-4-2-9/h5-6,9,15H,1-4,7H2,(H,21,24)(H,22,25). The Bertz CT molecular complexity index is 930. The maximum atomic E-state index is 13.7. The molecular weight excluding hydrogens is 383 g/mol. The van der Waals surface area contributed by atoms with E-state index >= 15 is 0 Å². The fourth-order valence-electron chi connectivity index (χ4n) is 3.45. The number of benzene rings is 1. The smallest absolute Gasteiger partial charge is 0.270 e. The number of halogens is 3. The molecule has 1 aromatic heterocycles. The van der Waals surface area contributed by atoms with Crippen LogP contribution in [0.4, 0.5) is 19.0 Å². The van der Waals surface area contributed by atoms with Crippen LogP contribution in [0.25, 0.3) is 0 Å². The van der Waals surface area contributed by atoms with E-state index in [4.69, 9.17) is 4.74 Å². The van der Waals surface area contributed by atoms with E-state index in [-0.39, 0.29) is 34.6 Å². The molecule has 3 heterocycles. The van der Waals surface area contributed by atoms with Gasteiger partial charge in [0, 0.05) is 13.2 Å². The third-order valence-electron chi connectivity index (χ3n) is 4.73. The Morgan fingerprint density at radius 1 is 1.11 bits per heavy atom. The quantitative estimate of drug-likeness (QED) is 0.762. The molecule has 2 N–H and O–H groups in total. The number of ether oxygens (including phenoxy) is 1. The fraction of sp³-hybridized carbons (Fsp3) is 0.412. The lowest BCUT2D eigenvalue weighted by Gasteiger charge is -2.25. The molecule has 1 aromatic carbocycles. The molecule has 10 heteroatoms. The van der Waals surface area contributed by atoms with Gasteiger partial charge in [-0.15, -0.1) is 11.8 Å². The van der Waals surface area contributed by atoms with Crippen LogP contribution in [0, 0.1) is 17.5 Å². The van der Waals surface area contributed by atoms with Crippen LogP contribution in [0.1, 0.15) is 35.3 Å². The van der Waals surface area contributed by atoms with Gasteiger partial charge in [-0.05, 0) is 30.5 Å². The van der Waals surface area contributed by atoms with E-state index in [0.717, 1.165) is 23.9 Å². The number of carbonyl (C=O) groups is 1. The van der Waals surface area contributed by atoms with Crippen LogP contribution in [0.15, 0.2) is 16.9 Å². The minimum absolute atomic E-state index is 0.00677. The van der Waals surface area contributed by atoms with Crippen LogP contribution < -0.4 is 10.9 Å². The summed E-state index contributed by atoms with van der Waals surface area (Å²) in [5.41, 5.74) is -0.173. The number of hydrogen-bond donors (Lipinski definition) is 2. The average Bonchev–Trinajstić information content (AvgIpc) is 2.85. The molecule has 1 unspecified atom stereocenters. The summed E-state index contributed by atoms with van der Waals surface area (Å²) >= 11 is 1.06. The third-order valence-corrected chi connectivity index (χ3v) is 6.00. The highest BCUT2D eigenvalue weighted by Crippen LogP contribution is 2.41. The number of hydrogen-bond acceptors (Lipinski definition) is 4. The van der Waals surface area contributed by atoms with E-state index in [1.54, 1.807) is 4.68 Å². The van der Waals surface area contributed by atoms with Gasteiger partial charge in [-0.2, -0.15) is 0 Å². The van der Waals surface area contributed by atoms with Gasteiger partial charge < -0.3 is 10.1 Å². The fourth-order valence-corrected chi connectivity index (χ4v) is 4.55. The van der Waals surface area contributed by atoms with Crippen LogP contribution in [-0.2, 0) is 9.53 Å². The lowest BCUT2D eigenvalue weighted by molar-refractivity contribution is -0.113. The highest BCUT2D eigenvalue weighted by Gasteiger charge is 2.33. The lowest BCUT2D eigenvalue weighted by Crippen LogP contribution is -2.24. The highest BCUT2D eigenvalue weighted by molar-refractivity contribution is 8.00. The summed E-state index contributed by atoms with van der Waals surface area (Å²) in [5.74, 6) is -4.29. The van der Waals surface area contributed by atoms with Crippen molar-refractivity contribution in [3.8, 4) is 0 Å². The zero-order valence-corrected chi connectivity index (χ0v) is 14.9.